The van der Waals surface area contributed by atoms with Crippen molar-refractivity contribution in [1.29, 1.82) is 0 Å². The summed E-state index contributed by atoms with van der Waals surface area (Å²) in [6, 6.07) is 5.44. The highest BCUT2D eigenvalue weighted by atomic mass is 35.5. The Morgan fingerprint density at radius 2 is 1.93 bits per heavy atom. The summed E-state index contributed by atoms with van der Waals surface area (Å²) in [6.45, 7) is 5.55. The summed E-state index contributed by atoms with van der Waals surface area (Å²) in [5.74, 6) is -0.800. The van der Waals surface area contributed by atoms with Crippen molar-refractivity contribution in [3.05, 3.63) is 33.8 Å². The summed E-state index contributed by atoms with van der Waals surface area (Å²) in [5.41, 5.74) is 0.344. The third kappa shape index (κ3) is 2.81. The highest BCUT2D eigenvalue weighted by Crippen LogP contribution is 2.70. The number of hydrogen-bond acceptors (Lipinski definition) is 4. The number of benzene rings is 1. The number of ether oxygens (including phenoxy) is 2. The summed E-state index contributed by atoms with van der Waals surface area (Å²) in [6.07, 6.45) is 2.44. The fraction of sp³-hybridized carbons (Fsp3) is 0.619. The smallest absolute Gasteiger partial charge is 0.410 e. The number of likely N-dealkylation sites (tertiary alicyclic amines) is 1. The summed E-state index contributed by atoms with van der Waals surface area (Å²) in [5, 5.41) is 0.949. The van der Waals surface area contributed by atoms with E-state index < -0.39 is 11.5 Å². The first-order valence-electron chi connectivity index (χ1n) is 9.63. The monoisotopic (exact) mass is 425 g/mol. The van der Waals surface area contributed by atoms with Gasteiger partial charge in [-0.05, 0) is 63.6 Å². The normalized spacial score (nSPS) is 33.3. The van der Waals surface area contributed by atoms with Crippen LogP contribution in [0.15, 0.2) is 18.2 Å². The van der Waals surface area contributed by atoms with Gasteiger partial charge in [0.2, 0.25) is 0 Å². The highest BCUT2D eigenvalue weighted by molar-refractivity contribution is 6.42. The summed E-state index contributed by atoms with van der Waals surface area (Å²) in [7, 11) is 1.40. The maximum absolute atomic E-state index is 12.9. The van der Waals surface area contributed by atoms with Crippen LogP contribution in [0.4, 0.5) is 4.79 Å². The number of amides is 1. The molecule has 1 heterocycles. The fourth-order valence-corrected chi connectivity index (χ4v) is 5.80. The molecule has 5 unspecified atom stereocenters. The summed E-state index contributed by atoms with van der Waals surface area (Å²) in [4.78, 5) is 27.5. The van der Waals surface area contributed by atoms with Crippen LogP contribution in [-0.4, -0.2) is 41.8 Å². The van der Waals surface area contributed by atoms with Crippen LogP contribution in [0.3, 0.4) is 0 Å². The number of esters is 1. The molecule has 2 saturated carbocycles. The van der Waals surface area contributed by atoms with Crippen LogP contribution in [-0.2, 0) is 14.3 Å². The van der Waals surface area contributed by atoms with Crippen LogP contribution >= 0.6 is 23.2 Å². The molecule has 1 aromatic rings. The second-order valence-corrected chi connectivity index (χ2v) is 9.97. The lowest BCUT2D eigenvalue weighted by atomic mass is 9.52. The molecule has 28 heavy (non-hydrogen) atoms. The first-order chi connectivity index (χ1) is 13.1. The molecule has 2 aliphatic carbocycles. The molecule has 0 aromatic heterocycles. The van der Waals surface area contributed by atoms with Gasteiger partial charge in [-0.15, -0.1) is 0 Å². The Morgan fingerprint density at radius 1 is 1.21 bits per heavy atom. The SMILES string of the molecule is COC(=O)C1C(c2ccc(Cl)c(Cl)c2)CC23CCC2N(C(=O)OC(C)(C)C)C13. The van der Waals surface area contributed by atoms with E-state index >= 15 is 0 Å². The predicted octanol–water partition coefficient (Wildman–Crippen LogP) is 5.04. The zero-order valence-corrected chi connectivity index (χ0v) is 18.0. The maximum atomic E-state index is 12.9. The minimum Gasteiger partial charge on any atom is -0.469 e. The number of methoxy groups -OCH3 is 1. The first-order valence-corrected chi connectivity index (χ1v) is 10.4. The average Bonchev–Trinajstić information content (AvgIpc) is 2.94. The quantitative estimate of drug-likeness (QED) is 0.622. The second-order valence-electron chi connectivity index (χ2n) is 9.15. The number of nitrogens with zero attached hydrogens (tertiary/aromatic N) is 1. The van der Waals surface area contributed by atoms with Crippen LogP contribution in [0.2, 0.25) is 10.0 Å². The van der Waals surface area contributed by atoms with Gasteiger partial charge in [0.25, 0.3) is 0 Å². The van der Waals surface area contributed by atoms with Crippen molar-refractivity contribution < 1.29 is 19.1 Å². The van der Waals surface area contributed by atoms with Crippen LogP contribution in [0.25, 0.3) is 0 Å². The van der Waals surface area contributed by atoms with Crippen LogP contribution in [0, 0.1) is 11.3 Å². The van der Waals surface area contributed by atoms with Gasteiger partial charge in [0.1, 0.15) is 5.60 Å². The molecule has 0 bridgehead atoms. The van der Waals surface area contributed by atoms with Gasteiger partial charge in [0, 0.05) is 11.5 Å². The molecule has 1 spiro atoms. The molecule has 1 amide bonds. The van der Waals surface area contributed by atoms with E-state index in [4.69, 9.17) is 32.7 Å². The average molecular weight is 426 g/mol. The predicted molar refractivity (Wildman–Crippen MR) is 107 cm³/mol. The molecule has 1 aliphatic heterocycles. The molecular formula is C21H25Cl2NO4. The fourth-order valence-electron chi connectivity index (χ4n) is 5.49. The van der Waals surface area contributed by atoms with Crippen molar-refractivity contribution in [2.24, 2.45) is 11.3 Å². The van der Waals surface area contributed by atoms with Crippen molar-refractivity contribution in [2.75, 3.05) is 7.11 Å². The van der Waals surface area contributed by atoms with Gasteiger partial charge in [-0.1, -0.05) is 29.3 Å². The minimum absolute atomic E-state index is 0.0352. The molecule has 3 aliphatic rings. The van der Waals surface area contributed by atoms with Gasteiger partial charge in [-0.3, -0.25) is 4.79 Å². The molecule has 4 rings (SSSR count). The third-order valence-corrected chi connectivity index (χ3v) is 7.33. The van der Waals surface area contributed by atoms with E-state index in [0.717, 1.165) is 24.8 Å². The van der Waals surface area contributed by atoms with E-state index in [9.17, 15) is 9.59 Å². The Balaban J connectivity index is 1.70. The van der Waals surface area contributed by atoms with E-state index in [2.05, 4.69) is 0 Å². The number of hydrogen-bond donors (Lipinski definition) is 0. The van der Waals surface area contributed by atoms with Gasteiger partial charge >= 0.3 is 12.1 Å². The highest BCUT2D eigenvalue weighted by Gasteiger charge is 2.75. The van der Waals surface area contributed by atoms with E-state index in [1.165, 1.54) is 7.11 Å². The molecule has 1 saturated heterocycles. The molecule has 0 N–H and O–H groups in total. The van der Waals surface area contributed by atoms with Crippen LogP contribution < -0.4 is 0 Å². The second kappa shape index (κ2) is 6.53. The Morgan fingerprint density at radius 3 is 2.46 bits per heavy atom. The zero-order chi connectivity index (χ0) is 20.4. The van der Waals surface area contributed by atoms with Gasteiger partial charge in [-0.2, -0.15) is 0 Å². The molecule has 152 valence electrons. The van der Waals surface area contributed by atoms with E-state index in [1.54, 1.807) is 11.0 Å². The number of halogens is 2. The van der Waals surface area contributed by atoms with E-state index in [0.29, 0.717) is 10.0 Å². The maximum Gasteiger partial charge on any atom is 0.410 e. The van der Waals surface area contributed by atoms with Gasteiger partial charge < -0.3 is 14.4 Å². The largest absolute Gasteiger partial charge is 0.469 e. The Kier molecular flexibility index (Phi) is 4.63. The third-order valence-electron chi connectivity index (χ3n) is 6.59. The van der Waals surface area contributed by atoms with Crippen molar-refractivity contribution in [1.82, 2.24) is 4.90 Å². The summed E-state index contributed by atoms with van der Waals surface area (Å²) >= 11 is 12.3. The van der Waals surface area contributed by atoms with E-state index in [1.807, 2.05) is 32.9 Å². The number of carbonyl (C=O) groups excluding carboxylic acids is 2. The van der Waals surface area contributed by atoms with E-state index in [-0.39, 0.29) is 35.5 Å². The van der Waals surface area contributed by atoms with Crippen LogP contribution in [0.1, 0.15) is 51.5 Å². The Labute approximate surface area is 175 Å². The van der Waals surface area contributed by atoms with Crippen molar-refractivity contribution in [3.8, 4) is 0 Å². The molecule has 5 nitrogen and oxygen atoms in total. The Bertz CT molecular complexity index is 836. The lowest BCUT2D eigenvalue weighted by molar-refractivity contribution is -0.192. The topological polar surface area (TPSA) is 55.8 Å². The van der Waals surface area contributed by atoms with Gasteiger partial charge in [0.05, 0.1) is 29.1 Å². The number of carbonyl (C=O) groups is 2. The summed E-state index contributed by atoms with van der Waals surface area (Å²) < 4.78 is 10.8. The lowest BCUT2D eigenvalue weighted by Gasteiger charge is -2.68. The van der Waals surface area contributed by atoms with Crippen molar-refractivity contribution in [3.63, 3.8) is 0 Å². The van der Waals surface area contributed by atoms with Gasteiger partial charge in [0.15, 0.2) is 0 Å². The minimum atomic E-state index is -0.582. The molecule has 5 atom stereocenters. The molecule has 7 heteroatoms. The van der Waals surface area contributed by atoms with Crippen LogP contribution in [0.5, 0.6) is 0 Å². The first kappa shape index (κ1) is 19.8. The molecule has 0 radical (unpaired) electrons. The van der Waals surface area contributed by atoms with Crippen molar-refractivity contribution in [2.45, 2.75) is 63.6 Å². The molecule has 3 fully saturated rings. The zero-order valence-electron chi connectivity index (χ0n) is 16.5. The standard InChI is InChI=1S/C21H25Cl2NO4/c1-20(2,3)28-19(26)24-15-7-8-21(15)10-12(16(17(21)24)18(25)27-4)11-5-6-13(22)14(23)9-11/h5-6,9,12,15-17H,7-8,10H2,1-4H3. The number of rotatable bonds is 2. The van der Waals surface area contributed by atoms with Gasteiger partial charge in [-0.25, -0.2) is 4.79 Å². The van der Waals surface area contributed by atoms with Crippen molar-refractivity contribution >= 4 is 35.3 Å². The molecular weight excluding hydrogens is 401 g/mol. The lowest BCUT2D eigenvalue weighted by Crippen LogP contribution is -2.78. The molecule has 1 aromatic carbocycles. The Hall–Kier alpha value is -1.46. The number of piperidine rings is 1.